The number of ether oxygens (including phenoxy) is 2. The summed E-state index contributed by atoms with van der Waals surface area (Å²) in [4.78, 5) is 12.5. The van der Waals surface area contributed by atoms with Gasteiger partial charge in [0.15, 0.2) is 11.5 Å². The minimum atomic E-state index is -0.357. The summed E-state index contributed by atoms with van der Waals surface area (Å²) < 4.78 is 12.0. The van der Waals surface area contributed by atoms with E-state index in [0.717, 1.165) is 31.2 Å². The van der Waals surface area contributed by atoms with Gasteiger partial charge in [-0.05, 0) is 70.2 Å². The van der Waals surface area contributed by atoms with Crippen LogP contribution in [0.1, 0.15) is 36.8 Å². The molecule has 0 bridgehead atoms. The number of nitrogens with zero attached hydrogens (tertiary/aromatic N) is 1. The summed E-state index contributed by atoms with van der Waals surface area (Å²) in [6, 6.07) is 10.9. The van der Waals surface area contributed by atoms with Crippen molar-refractivity contribution in [2.45, 2.75) is 38.3 Å². The molecule has 0 aliphatic heterocycles. The Bertz CT molecular complexity index is 1040. The summed E-state index contributed by atoms with van der Waals surface area (Å²) in [7, 11) is 1.53. The maximum absolute atomic E-state index is 12.5. The van der Waals surface area contributed by atoms with E-state index in [0.29, 0.717) is 31.6 Å². The van der Waals surface area contributed by atoms with Gasteiger partial charge in [-0.25, -0.2) is 0 Å². The molecule has 0 atom stereocenters. The molecule has 8 heteroatoms. The molecule has 162 valence electrons. The Hall–Kier alpha value is -2.20. The standard InChI is InChI=1S/C23H21BrCl2N2O3/c1-30-21-11-15(8-16(12-27)23(29)28-17-4-2-3-5-17)9-18(24)22(21)31-13-14-6-7-19(25)20(26)10-14/h6-11,17H,2-5,13H2,1H3,(H,28,29)/b16-8-. The average Bonchev–Trinajstić information content (AvgIpc) is 3.26. The highest BCUT2D eigenvalue weighted by molar-refractivity contribution is 9.10. The van der Waals surface area contributed by atoms with Gasteiger partial charge in [0.25, 0.3) is 5.91 Å². The Balaban J connectivity index is 1.78. The smallest absolute Gasteiger partial charge is 0.262 e. The van der Waals surface area contributed by atoms with Crippen LogP contribution >= 0.6 is 39.1 Å². The normalized spacial score (nSPS) is 14.2. The fourth-order valence-corrected chi connectivity index (χ4v) is 4.29. The van der Waals surface area contributed by atoms with Crippen LogP contribution in [0, 0.1) is 11.3 Å². The number of halogens is 3. The molecule has 0 saturated heterocycles. The van der Waals surface area contributed by atoms with Gasteiger partial charge in [0.05, 0.1) is 21.6 Å². The van der Waals surface area contributed by atoms with Gasteiger partial charge < -0.3 is 14.8 Å². The molecule has 1 fully saturated rings. The summed E-state index contributed by atoms with van der Waals surface area (Å²) in [6.45, 7) is 0.258. The van der Waals surface area contributed by atoms with Gasteiger partial charge in [0.2, 0.25) is 0 Å². The second-order valence-corrected chi connectivity index (χ2v) is 8.86. The van der Waals surface area contributed by atoms with Crippen LogP contribution in [0.25, 0.3) is 6.08 Å². The van der Waals surface area contributed by atoms with Gasteiger partial charge in [-0.15, -0.1) is 0 Å². The number of hydrogen-bond acceptors (Lipinski definition) is 4. The highest BCUT2D eigenvalue weighted by atomic mass is 79.9. The quantitative estimate of drug-likeness (QED) is 0.341. The average molecular weight is 524 g/mol. The third kappa shape index (κ3) is 6.16. The third-order valence-electron chi connectivity index (χ3n) is 4.99. The van der Waals surface area contributed by atoms with E-state index in [-0.39, 0.29) is 24.1 Å². The van der Waals surface area contributed by atoms with Crippen LogP contribution in [-0.4, -0.2) is 19.1 Å². The number of nitriles is 1. The van der Waals surface area contributed by atoms with E-state index >= 15 is 0 Å². The number of rotatable bonds is 7. The van der Waals surface area contributed by atoms with Crippen LogP contribution in [0.2, 0.25) is 10.0 Å². The maximum atomic E-state index is 12.5. The van der Waals surface area contributed by atoms with Crippen LogP contribution in [0.3, 0.4) is 0 Å². The molecule has 1 amide bonds. The lowest BCUT2D eigenvalue weighted by Gasteiger charge is -2.14. The lowest BCUT2D eigenvalue weighted by Crippen LogP contribution is -2.33. The first-order chi connectivity index (χ1) is 14.9. The molecule has 2 aromatic carbocycles. The molecule has 1 aliphatic rings. The Morgan fingerprint density at radius 2 is 2.00 bits per heavy atom. The molecule has 0 unspecified atom stereocenters. The predicted molar refractivity (Wildman–Crippen MR) is 125 cm³/mol. The van der Waals surface area contributed by atoms with Crippen molar-refractivity contribution in [2.24, 2.45) is 0 Å². The van der Waals surface area contributed by atoms with Gasteiger partial charge in [-0.2, -0.15) is 5.26 Å². The zero-order chi connectivity index (χ0) is 22.4. The highest BCUT2D eigenvalue weighted by Gasteiger charge is 2.20. The van der Waals surface area contributed by atoms with Crippen LogP contribution < -0.4 is 14.8 Å². The number of methoxy groups -OCH3 is 1. The summed E-state index contributed by atoms with van der Waals surface area (Å²) in [6.07, 6.45) is 5.65. The third-order valence-corrected chi connectivity index (χ3v) is 6.31. The van der Waals surface area contributed by atoms with Crippen molar-refractivity contribution in [2.75, 3.05) is 7.11 Å². The van der Waals surface area contributed by atoms with Gasteiger partial charge in [0.1, 0.15) is 18.2 Å². The molecule has 5 nitrogen and oxygen atoms in total. The number of hydrogen-bond donors (Lipinski definition) is 1. The van der Waals surface area contributed by atoms with Crippen molar-refractivity contribution >= 4 is 51.1 Å². The van der Waals surface area contributed by atoms with E-state index in [1.54, 1.807) is 30.3 Å². The fourth-order valence-electron chi connectivity index (χ4n) is 3.40. The Morgan fingerprint density at radius 3 is 2.65 bits per heavy atom. The predicted octanol–water partition coefficient (Wildman–Crippen LogP) is 6.31. The van der Waals surface area contributed by atoms with Gasteiger partial charge in [0, 0.05) is 6.04 Å². The molecule has 31 heavy (non-hydrogen) atoms. The van der Waals surface area contributed by atoms with Crippen LogP contribution in [-0.2, 0) is 11.4 Å². The van der Waals surface area contributed by atoms with Crippen LogP contribution in [0.4, 0.5) is 0 Å². The minimum absolute atomic E-state index is 0.0466. The summed E-state index contributed by atoms with van der Waals surface area (Å²) in [5, 5.41) is 13.3. The molecule has 1 aliphatic carbocycles. The second kappa shape index (κ2) is 10.9. The van der Waals surface area contributed by atoms with Gasteiger partial charge >= 0.3 is 0 Å². The number of nitrogens with one attached hydrogen (secondary N) is 1. The molecular weight excluding hydrogens is 503 g/mol. The molecule has 1 saturated carbocycles. The van der Waals surface area contributed by atoms with Crippen molar-refractivity contribution in [3.05, 3.63) is 61.5 Å². The summed E-state index contributed by atoms with van der Waals surface area (Å²) >= 11 is 15.5. The van der Waals surface area contributed by atoms with Crippen molar-refractivity contribution < 1.29 is 14.3 Å². The Labute approximate surface area is 200 Å². The number of carbonyl (C=O) groups excluding carboxylic acids is 1. The van der Waals surface area contributed by atoms with Gasteiger partial charge in [-0.3, -0.25) is 4.79 Å². The molecule has 2 aromatic rings. The molecular formula is C23H21BrCl2N2O3. The topological polar surface area (TPSA) is 71.3 Å². The van der Waals surface area contributed by atoms with Crippen molar-refractivity contribution in [3.63, 3.8) is 0 Å². The van der Waals surface area contributed by atoms with E-state index in [1.807, 2.05) is 12.1 Å². The monoisotopic (exact) mass is 522 g/mol. The molecule has 0 heterocycles. The van der Waals surface area contributed by atoms with E-state index in [9.17, 15) is 10.1 Å². The zero-order valence-corrected chi connectivity index (χ0v) is 20.0. The first-order valence-corrected chi connectivity index (χ1v) is 11.3. The first-order valence-electron chi connectivity index (χ1n) is 9.78. The van der Waals surface area contributed by atoms with E-state index in [4.69, 9.17) is 32.7 Å². The first kappa shape index (κ1) is 23.5. The number of benzene rings is 2. The maximum Gasteiger partial charge on any atom is 0.262 e. The van der Waals surface area contributed by atoms with Crippen molar-refractivity contribution in [3.8, 4) is 17.6 Å². The molecule has 1 N–H and O–H groups in total. The Morgan fingerprint density at radius 1 is 1.26 bits per heavy atom. The highest BCUT2D eigenvalue weighted by Crippen LogP contribution is 2.38. The fraction of sp³-hybridized carbons (Fsp3) is 0.304. The van der Waals surface area contributed by atoms with Crippen molar-refractivity contribution in [1.29, 1.82) is 5.26 Å². The van der Waals surface area contributed by atoms with E-state index < -0.39 is 0 Å². The molecule has 0 aromatic heterocycles. The zero-order valence-electron chi connectivity index (χ0n) is 16.9. The lowest BCUT2D eigenvalue weighted by atomic mass is 10.1. The van der Waals surface area contributed by atoms with Crippen LogP contribution in [0.15, 0.2) is 40.4 Å². The summed E-state index contributed by atoms with van der Waals surface area (Å²) in [5.74, 6) is 0.609. The molecule has 0 spiro atoms. The van der Waals surface area contributed by atoms with Gasteiger partial charge in [-0.1, -0.05) is 42.1 Å². The van der Waals surface area contributed by atoms with E-state index in [2.05, 4.69) is 21.2 Å². The number of carbonyl (C=O) groups is 1. The number of amides is 1. The van der Waals surface area contributed by atoms with E-state index in [1.165, 1.54) is 7.11 Å². The van der Waals surface area contributed by atoms with Crippen molar-refractivity contribution in [1.82, 2.24) is 5.32 Å². The largest absolute Gasteiger partial charge is 0.493 e. The molecule has 3 rings (SSSR count). The second-order valence-electron chi connectivity index (χ2n) is 7.20. The van der Waals surface area contributed by atoms with Crippen LogP contribution in [0.5, 0.6) is 11.5 Å². The minimum Gasteiger partial charge on any atom is -0.493 e. The SMILES string of the molecule is COc1cc(/C=C(/C#N)C(=O)NC2CCCC2)cc(Br)c1OCc1ccc(Cl)c(Cl)c1. The lowest BCUT2D eigenvalue weighted by molar-refractivity contribution is -0.117. The Kier molecular flexibility index (Phi) is 8.25. The molecule has 0 radical (unpaired) electrons. The summed E-state index contributed by atoms with van der Waals surface area (Å²) in [5.41, 5.74) is 1.54.